The first kappa shape index (κ1) is 24.4. The normalized spacial score (nSPS) is 25.4. The number of nitrogens with one attached hydrogen (secondary N) is 1. The highest BCUT2D eigenvalue weighted by molar-refractivity contribution is 14.0. The third kappa shape index (κ3) is 6.87. The number of anilines is 1. The molecule has 0 bridgehead atoms. The first-order valence-electron chi connectivity index (χ1n) is 11.3. The third-order valence-electron chi connectivity index (χ3n) is 6.13. The molecule has 0 radical (unpaired) electrons. The van der Waals surface area contributed by atoms with Gasteiger partial charge in [-0.3, -0.25) is 9.89 Å². The van der Waals surface area contributed by atoms with Crippen LogP contribution in [-0.2, 0) is 9.47 Å². The molecule has 0 saturated carbocycles. The Balaban J connectivity index is 0.00000272. The first-order chi connectivity index (χ1) is 14.8. The van der Waals surface area contributed by atoms with Crippen LogP contribution < -0.4 is 10.2 Å². The summed E-state index contributed by atoms with van der Waals surface area (Å²) in [5.74, 6) is 1.82. The van der Waals surface area contributed by atoms with E-state index in [2.05, 4.69) is 35.0 Å². The summed E-state index contributed by atoms with van der Waals surface area (Å²) >= 11 is 0. The van der Waals surface area contributed by atoms with Crippen molar-refractivity contribution >= 4 is 35.9 Å². The van der Waals surface area contributed by atoms with Crippen LogP contribution in [0.1, 0.15) is 19.3 Å². The Bertz CT molecular complexity index is 667. The van der Waals surface area contributed by atoms with Gasteiger partial charge >= 0.3 is 0 Å². The molecule has 174 valence electrons. The zero-order valence-electron chi connectivity index (χ0n) is 18.5. The summed E-state index contributed by atoms with van der Waals surface area (Å²) in [6.07, 6.45) is 7.37. The van der Waals surface area contributed by atoms with E-state index in [-0.39, 0.29) is 36.2 Å². The minimum absolute atomic E-state index is 0. The Hall–Kier alpha value is -1.24. The van der Waals surface area contributed by atoms with Gasteiger partial charge in [-0.25, -0.2) is 9.97 Å². The number of halogens is 1. The van der Waals surface area contributed by atoms with Crippen molar-refractivity contribution in [2.75, 3.05) is 77.5 Å². The van der Waals surface area contributed by atoms with Crippen LogP contribution in [-0.4, -0.2) is 111 Å². The Morgan fingerprint density at radius 1 is 1.10 bits per heavy atom. The van der Waals surface area contributed by atoms with E-state index in [9.17, 15) is 0 Å². The molecule has 2 atom stereocenters. The van der Waals surface area contributed by atoms with Crippen LogP contribution in [0.2, 0.25) is 0 Å². The van der Waals surface area contributed by atoms with E-state index in [1.807, 2.05) is 25.5 Å². The molecule has 0 aliphatic carbocycles. The number of aromatic nitrogens is 2. The van der Waals surface area contributed by atoms with E-state index in [0.29, 0.717) is 0 Å². The van der Waals surface area contributed by atoms with Gasteiger partial charge < -0.3 is 24.6 Å². The first-order valence-corrected chi connectivity index (χ1v) is 11.3. The predicted molar refractivity (Wildman–Crippen MR) is 132 cm³/mol. The van der Waals surface area contributed by atoms with Crippen LogP contribution >= 0.6 is 24.0 Å². The zero-order valence-corrected chi connectivity index (χ0v) is 20.8. The summed E-state index contributed by atoms with van der Waals surface area (Å²) in [6, 6.07) is 1.86. The van der Waals surface area contributed by atoms with Gasteiger partial charge in [-0.1, -0.05) is 0 Å². The Morgan fingerprint density at radius 3 is 2.58 bits per heavy atom. The second-order valence-corrected chi connectivity index (χ2v) is 8.11. The number of aliphatic imine (C=N–C) groups is 1. The lowest BCUT2D eigenvalue weighted by Gasteiger charge is -2.37. The van der Waals surface area contributed by atoms with Crippen LogP contribution in [0, 0.1) is 0 Å². The standard InChI is InChI=1S/C21H35N7O2.HI/c1-22-20(28-14-16-30-19(17-28)18-5-2-15-29-18)23-8-4-9-26-10-12-27(13-11-26)21-24-6-3-7-25-21;/h3,6-7,18-19H,2,4-5,8-17H2,1H3,(H,22,23);1H. The molecule has 3 fully saturated rings. The second-order valence-electron chi connectivity index (χ2n) is 8.11. The van der Waals surface area contributed by atoms with E-state index in [1.165, 1.54) is 0 Å². The Kier molecular flexibility index (Phi) is 10.0. The fourth-order valence-electron chi connectivity index (χ4n) is 4.45. The number of hydrogen-bond donors (Lipinski definition) is 1. The fraction of sp³-hybridized carbons (Fsp3) is 0.762. The Labute approximate surface area is 202 Å². The van der Waals surface area contributed by atoms with E-state index >= 15 is 0 Å². The van der Waals surface area contributed by atoms with Crippen molar-refractivity contribution in [3.63, 3.8) is 0 Å². The molecule has 31 heavy (non-hydrogen) atoms. The molecule has 3 aliphatic rings. The monoisotopic (exact) mass is 545 g/mol. The molecule has 3 saturated heterocycles. The highest BCUT2D eigenvalue weighted by Crippen LogP contribution is 2.21. The van der Waals surface area contributed by atoms with Crippen LogP contribution in [0.5, 0.6) is 0 Å². The van der Waals surface area contributed by atoms with Crippen molar-refractivity contribution in [3.8, 4) is 0 Å². The third-order valence-corrected chi connectivity index (χ3v) is 6.13. The van der Waals surface area contributed by atoms with Crippen molar-refractivity contribution in [3.05, 3.63) is 18.5 Å². The summed E-state index contributed by atoms with van der Waals surface area (Å²) in [4.78, 5) is 20.3. The summed E-state index contributed by atoms with van der Waals surface area (Å²) < 4.78 is 11.8. The highest BCUT2D eigenvalue weighted by atomic mass is 127. The second kappa shape index (κ2) is 12.7. The maximum Gasteiger partial charge on any atom is 0.225 e. The minimum atomic E-state index is 0. The zero-order chi connectivity index (χ0) is 20.6. The summed E-state index contributed by atoms with van der Waals surface area (Å²) in [5, 5.41) is 3.55. The van der Waals surface area contributed by atoms with E-state index in [4.69, 9.17) is 9.47 Å². The molecule has 1 aromatic heterocycles. The SMILES string of the molecule is CN=C(NCCCN1CCN(c2ncccn2)CC1)N1CCOC(C2CCCO2)C1.I. The van der Waals surface area contributed by atoms with Gasteiger partial charge in [0.2, 0.25) is 5.95 Å². The molecule has 4 rings (SSSR count). The van der Waals surface area contributed by atoms with Gasteiger partial charge in [-0.2, -0.15) is 0 Å². The lowest BCUT2D eigenvalue weighted by molar-refractivity contribution is -0.0816. The van der Waals surface area contributed by atoms with E-state index in [1.54, 1.807) is 0 Å². The van der Waals surface area contributed by atoms with Gasteiger partial charge in [0.25, 0.3) is 0 Å². The lowest BCUT2D eigenvalue weighted by Crippen LogP contribution is -2.53. The molecule has 4 heterocycles. The average molecular weight is 545 g/mol. The molecule has 0 spiro atoms. The summed E-state index contributed by atoms with van der Waals surface area (Å²) in [7, 11) is 1.86. The van der Waals surface area contributed by atoms with Crippen LogP contribution in [0.25, 0.3) is 0 Å². The van der Waals surface area contributed by atoms with Crippen LogP contribution in [0.15, 0.2) is 23.5 Å². The van der Waals surface area contributed by atoms with Gasteiger partial charge in [0, 0.05) is 71.9 Å². The number of rotatable bonds is 6. The number of hydrogen-bond acceptors (Lipinski definition) is 7. The maximum atomic E-state index is 5.96. The summed E-state index contributed by atoms with van der Waals surface area (Å²) in [5.41, 5.74) is 0. The van der Waals surface area contributed by atoms with Gasteiger partial charge in [0.05, 0.1) is 12.7 Å². The molecule has 0 aromatic carbocycles. The Morgan fingerprint density at radius 2 is 1.87 bits per heavy atom. The number of nitrogens with zero attached hydrogens (tertiary/aromatic N) is 6. The van der Waals surface area contributed by atoms with Gasteiger partial charge in [0.1, 0.15) is 6.10 Å². The number of guanidine groups is 1. The highest BCUT2D eigenvalue weighted by Gasteiger charge is 2.32. The number of ether oxygens (including phenoxy) is 2. The number of piperazine rings is 1. The molecule has 10 heteroatoms. The molecule has 0 amide bonds. The van der Waals surface area contributed by atoms with E-state index in [0.717, 1.165) is 96.7 Å². The largest absolute Gasteiger partial charge is 0.375 e. The number of morpholine rings is 1. The smallest absolute Gasteiger partial charge is 0.225 e. The van der Waals surface area contributed by atoms with E-state index < -0.39 is 0 Å². The van der Waals surface area contributed by atoms with Crippen molar-refractivity contribution in [1.29, 1.82) is 0 Å². The molecule has 2 unspecified atom stereocenters. The van der Waals surface area contributed by atoms with Crippen LogP contribution in [0.4, 0.5) is 5.95 Å². The lowest BCUT2D eigenvalue weighted by atomic mass is 10.1. The quantitative estimate of drug-likeness (QED) is 0.246. The predicted octanol–water partition coefficient (Wildman–Crippen LogP) is 1.06. The molecule has 3 aliphatic heterocycles. The van der Waals surface area contributed by atoms with Crippen molar-refractivity contribution in [2.24, 2.45) is 4.99 Å². The van der Waals surface area contributed by atoms with Gasteiger partial charge in [-0.05, 0) is 31.9 Å². The molecule has 1 N–H and O–H groups in total. The summed E-state index contributed by atoms with van der Waals surface area (Å²) in [6.45, 7) is 9.44. The fourth-order valence-corrected chi connectivity index (χ4v) is 4.45. The molecule has 9 nitrogen and oxygen atoms in total. The van der Waals surface area contributed by atoms with Gasteiger partial charge in [-0.15, -0.1) is 24.0 Å². The molecular formula is C21H36IN7O2. The van der Waals surface area contributed by atoms with Gasteiger partial charge in [0.15, 0.2) is 5.96 Å². The van der Waals surface area contributed by atoms with Crippen molar-refractivity contribution in [1.82, 2.24) is 25.1 Å². The average Bonchev–Trinajstić information content (AvgIpc) is 3.35. The van der Waals surface area contributed by atoms with Crippen LogP contribution in [0.3, 0.4) is 0 Å². The maximum absolute atomic E-state index is 5.96. The minimum Gasteiger partial charge on any atom is -0.375 e. The molecule has 1 aromatic rings. The van der Waals surface area contributed by atoms with Crippen molar-refractivity contribution < 1.29 is 9.47 Å². The van der Waals surface area contributed by atoms with Crippen molar-refractivity contribution in [2.45, 2.75) is 31.5 Å². The molecular weight excluding hydrogens is 509 g/mol. The topological polar surface area (TPSA) is 78.4 Å².